The lowest BCUT2D eigenvalue weighted by Crippen LogP contribution is -2.51. The number of aromatic nitrogens is 2. The molecule has 0 radical (unpaired) electrons. The summed E-state index contributed by atoms with van der Waals surface area (Å²) in [6, 6.07) is 17.0. The van der Waals surface area contributed by atoms with Crippen molar-refractivity contribution < 1.29 is 14.6 Å². The summed E-state index contributed by atoms with van der Waals surface area (Å²) in [5.41, 5.74) is 9.79. The second-order valence-electron chi connectivity index (χ2n) is 13.3. The molecular weight excluding hydrogens is 619 g/mol. The Labute approximate surface area is 280 Å². The second kappa shape index (κ2) is 11.8. The van der Waals surface area contributed by atoms with Crippen LogP contribution in [0.3, 0.4) is 0 Å². The van der Waals surface area contributed by atoms with Crippen molar-refractivity contribution in [1.29, 1.82) is 0 Å². The van der Waals surface area contributed by atoms with Gasteiger partial charge in [-0.25, -0.2) is 9.97 Å². The molecule has 0 unspecified atom stereocenters. The van der Waals surface area contributed by atoms with Crippen LogP contribution in [0.15, 0.2) is 48.5 Å². The smallest absolute Gasteiger partial charge is 0.218 e. The summed E-state index contributed by atoms with van der Waals surface area (Å²) >= 11 is 14.4. The molecule has 9 heteroatoms. The maximum Gasteiger partial charge on any atom is 0.218 e. The van der Waals surface area contributed by atoms with Gasteiger partial charge in [-0.3, -0.25) is 9.80 Å². The Kier molecular flexibility index (Phi) is 7.73. The molecule has 7 nitrogen and oxygen atoms in total. The van der Waals surface area contributed by atoms with E-state index in [2.05, 4.69) is 28.9 Å². The van der Waals surface area contributed by atoms with E-state index in [9.17, 15) is 5.11 Å². The third kappa shape index (κ3) is 4.90. The molecule has 2 aromatic heterocycles. The molecule has 46 heavy (non-hydrogen) atoms. The summed E-state index contributed by atoms with van der Waals surface area (Å²) in [5.74, 6) is 2.06. The average molecular weight is 658 g/mol. The Balaban J connectivity index is 1.15. The Morgan fingerprint density at radius 3 is 1.54 bits per heavy atom. The van der Waals surface area contributed by atoms with Gasteiger partial charge in [0.1, 0.15) is 0 Å². The van der Waals surface area contributed by atoms with Gasteiger partial charge in [0.15, 0.2) is 0 Å². The number of fused-ring (bicyclic) bond motifs is 2. The summed E-state index contributed by atoms with van der Waals surface area (Å²) < 4.78 is 11.7. The number of β-amino-alcohol motifs (C(OH)–C–C–N with tert-alkyl or cyclic N) is 1. The predicted molar refractivity (Wildman–Crippen MR) is 182 cm³/mol. The first kappa shape index (κ1) is 30.2. The highest BCUT2D eigenvalue weighted by Crippen LogP contribution is 2.48. The van der Waals surface area contributed by atoms with Crippen molar-refractivity contribution in [3.05, 3.63) is 80.8 Å². The maximum absolute atomic E-state index is 9.88. The van der Waals surface area contributed by atoms with Crippen molar-refractivity contribution in [3.8, 4) is 45.4 Å². The van der Waals surface area contributed by atoms with Gasteiger partial charge in [0.25, 0.3) is 0 Å². The van der Waals surface area contributed by atoms with Gasteiger partial charge in [0.2, 0.25) is 11.8 Å². The van der Waals surface area contributed by atoms with Crippen LogP contribution in [0.4, 0.5) is 0 Å². The molecule has 4 heterocycles. The van der Waals surface area contributed by atoms with Gasteiger partial charge in [0, 0.05) is 71.6 Å². The molecule has 4 aliphatic rings. The number of methoxy groups -OCH3 is 2. The number of ether oxygens (including phenoxy) is 2. The Bertz CT molecular complexity index is 1700. The van der Waals surface area contributed by atoms with Crippen LogP contribution in [-0.2, 0) is 12.8 Å². The molecule has 0 bridgehead atoms. The van der Waals surface area contributed by atoms with Gasteiger partial charge >= 0.3 is 0 Å². The van der Waals surface area contributed by atoms with Crippen LogP contribution in [0.25, 0.3) is 33.6 Å². The third-order valence-corrected chi connectivity index (χ3v) is 11.2. The number of hydrogen-bond acceptors (Lipinski definition) is 7. The first-order chi connectivity index (χ1) is 22.3. The van der Waals surface area contributed by atoms with E-state index < -0.39 is 0 Å². The highest BCUT2D eigenvalue weighted by Gasteiger charge is 2.39. The maximum atomic E-state index is 9.88. The van der Waals surface area contributed by atoms with Crippen LogP contribution < -0.4 is 9.47 Å². The number of aliphatic hydroxyl groups is 1. The standard InChI is InChI=1S/C37H38Cl2N4O3/c1-20-16-42(17-20)30-12-10-21-14-28(40-36(45-2)32(21)30)26-8-4-6-24(34(26)38)25-7-5-9-27(35(25)39)29-15-22-11-13-31(43-18-23(44)19-43)33(22)37(41-29)46-3/h4-9,14-15,20,23,30-31,44H,10-13,16-19H2,1-3H3/t30-,31-/m0/s1. The molecule has 0 spiro atoms. The van der Waals surface area contributed by atoms with E-state index in [1.165, 1.54) is 16.7 Å². The van der Waals surface area contributed by atoms with Gasteiger partial charge in [-0.05, 0) is 54.9 Å². The summed E-state index contributed by atoms with van der Waals surface area (Å²) in [6.45, 7) is 5.93. The molecule has 2 saturated heterocycles. The lowest BCUT2D eigenvalue weighted by atomic mass is 9.96. The van der Waals surface area contributed by atoms with Gasteiger partial charge in [-0.2, -0.15) is 0 Å². The number of benzene rings is 2. The zero-order valence-corrected chi connectivity index (χ0v) is 27.9. The van der Waals surface area contributed by atoms with Crippen LogP contribution in [0, 0.1) is 5.92 Å². The third-order valence-electron chi connectivity index (χ3n) is 10.3. The molecule has 4 aromatic rings. The molecule has 0 saturated carbocycles. The molecule has 2 aliphatic heterocycles. The van der Waals surface area contributed by atoms with E-state index in [1.807, 2.05) is 36.4 Å². The lowest BCUT2D eigenvalue weighted by Gasteiger charge is -2.42. The summed E-state index contributed by atoms with van der Waals surface area (Å²) in [6.07, 6.45) is 3.75. The monoisotopic (exact) mass is 656 g/mol. The molecule has 2 atom stereocenters. The Hall–Kier alpha value is -3.20. The van der Waals surface area contributed by atoms with Crippen molar-refractivity contribution in [2.45, 2.75) is 50.8 Å². The highest BCUT2D eigenvalue weighted by molar-refractivity contribution is 6.39. The van der Waals surface area contributed by atoms with E-state index >= 15 is 0 Å². The first-order valence-electron chi connectivity index (χ1n) is 16.2. The number of aliphatic hydroxyl groups excluding tert-OH is 1. The molecule has 8 rings (SSSR count). The lowest BCUT2D eigenvalue weighted by molar-refractivity contribution is -0.0256. The van der Waals surface area contributed by atoms with E-state index in [0.29, 0.717) is 40.9 Å². The van der Waals surface area contributed by atoms with Gasteiger partial charge in [-0.15, -0.1) is 0 Å². The first-order valence-corrected chi connectivity index (χ1v) is 17.0. The van der Waals surface area contributed by atoms with Crippen molar-refractivity contribution in [3.63, 3.8) is 0 Å². The van der Waals surface area contributed by atoms with Crippen LogP contribution in [0.1, 0.15) is 54.1 Å². The highest BCUT2D eigenvalue weighted by atomic mass is 35.5. The number of nitrogens with zero attached hydrogens (tertiary/aromatic N) is 4. The molecule has 1 N–H and O–H groups in total. The zero-order valence-electron chi connectivity index (χ0n) is 26.4. The second-order valence-corrected chi connectivity index (χ2v) is 14.0. The minimum atomic E-state index is -0.249. The fourth-order valence-electron chi connectivity index (χ4n) is 8.10. The van der Waals surface area contributed by atoms with E-state index in [0.717, 1.165) is 83.9 Å². The van der Waals surface area contributed by atoms with Crippen molar-refractivity contribution in [2.24, 2.45) is 5.92 Å². The van der Waals surface area contributed by atoms with E-state index in [-0.39, 0.29) is 12.1 Å². The number of aryl methyl sites for hydroxylation is 2. The average Bonchev–Trinajstić information content (AvgIpc) is 3.65. The minimum Gasteiger partial charge on any atom is -0.481 e. The summed E-state index contributed by atoms with van der Waals surface area (Å²) in [5, 5.41) is 11.1. The molecule has 2 aromatic carbocycles. The van der Waals surface area contributed by atoms with Gasteiger partial charge < -0.3 is 14.6 Å². The molecule has 0 amide bonds. The summed E-state index contributed by atoms with van der Waals surface area (Å²) in [4.78, 5) is 14.8. The molecular formula is C37H38Cl2N4O3. The number of likely N-dealkylation sites (tertiary alicyclic amines) is 2. The normalized spacial score (nSPS) is 21.5. The van der Waals surface area contributed by atoms with Crippen molar-refractivity contribution in [1.82, 2.24) is 19.8 Å². The quantitative estimate of drug-likeness (QED) is 0.222. The fourth-order valence-corrected chi connectivity index (χ4v) is 8.75. The van der Waals surface area contributed by atoms with Gasteiger partial charge in [-0.1, -0.05) is 66.5 Å². The molecule has 2 aliphatic carbocycles. The molecule has 238 valence electrons. The van der Waals surface area contributed by atoms with Crippen LogP contribution in [-0.4, -0.2) is 71.4 Å². The van der Waals surface area contributed by atoms with E-state index in [1.54, 1.807) is 14.2 Å². The Morgan fingerprint density at radius 2 is 1.13 bits per heavy atom. The Morgan fingerprint density at radius 1 is 0.696 bits per heavy atom. The number of halogens is 2. The predicted octanol–water partition coefficient (Wildman–Crippen LogP) is 7.40. The number of hydrogen-bond donors (Lipinski definition) is 1. The largest absolute Gasteiger partial charge is 0.481 e. The minimum absolute atomic E-state index is 0.218. The van der Waals surface area contributed by atoms with E-state index in [4.69, 9.17) is 42.6 Å². The topological polar surface area (TPSA) is 71.0 Å². The van der Waals surface area contributed by atoms with Crippen molar-refractivity contribution in [2.75, 3.05) is 40.4 Å². The van der Waals surface area contributed by atoms with Gasteiger partial charge in [0.05, 0.1) is 41.8 Å². The number of rotatable bonds is 7. The van der Waals surface area contributed by atoms with Crippen molar-refractivity contribution >= 4 is 23.2 Å². The SMILES string of the molecule is COc1nc(-c2cccc(-c3cccc(-c4cc5c(c(OC)n4)[C@@H](N4CC(O)C4)CC5)c3Cl)c2Cl)cc2c1[C@@H](N1CC(C)C1)CC2. The van der Waals surface area contributed by atoms with Crippen LogP contribution in [0.2, 0.25) is 10.0 Å². The summed E-state index contributed by atoms with van der Waals surface area (Å²) in [7, 11) is 3.38. The fraction of sp³-hybridized carbons (Fsp3) is 0.405. The zero-order chi connectivity index (χ0) is 31.7. The van der Waals surface area contributed by atoms with Crippen LogP contribution in [0.5, 0.6) is 11.8 Å². The molecule has 2 fully saturated rings. The van der Waals surface area contributed by atoms with Crippen LogP contribution >= 0.6 is 23.2 Å². The number of pyridine rings is 2.